The van der Waals surface area contributed by atoms with E-state index in [1.807, 2.05) is 0 Å². The molecule has 1 saturated heterocycles. The van der Waals surface area contributed by atoms with E-state index >= 15 is 0 Å². The van der Waals surface area contributed by atoms with Crippen LogP contribution in [0.5, 0.6) is 0 Å². The van der Waals surface area contributed by atoms with Gasteiger partial charge in [-0.2, -0.15) is 0 Å². The molecule has 1 aromatic rings. The second kappa shape index (κ2) is 10.1. The molecule has 0 aromatic heterocycles. The zero-order chi connectivity index (χ0) is 15.1. The van der Waals surface area contributed by atoms with Gasteiger partial charge in [0, 0.05) is 11.4 Å². The fourth-order valence-corrected chi connectivity index (χ4v) is 3.60. The van der Waals surface area contributed by atoms with Crippen molar-refractivity contribution in [3.63, 3.8) is 0 Å². The van der Waals surface area contributed by atoms with Crippen LogP contribution < -0.4 is 10.6 Å². The maximum atomic E-state index is 11.9. The van der Waals surface area contributed by atoms with Crippen molar-refractivity contribution in [2.45, 2.75) is 38.0 Å². The molecule has 22 heavy (non-hydrogen) atoms. The van der Waals surface area contributed by atoms with Crippen molar-refractivity contribution in [2.24, 2.45) is 5.92 Å². The van der Waals surface area contributed by atoms with Gasteiger partial charge in [0.2, 0.25) is 5.91 Å². The van der Waals surface area contributed by atoms with E-state index in [4.69, 9.17) is 0 Å². The molecule has 0 spiro atoms. The highest BCUT2D eigenvalue weighted by atomic mass is 35.5. The van der Waals surface area contributed by atoms with Crippen LogP contribution in [-0.2, 0) is 4.79 Å². The van der Waals surface area contributed by atoms with Crippen molar-refractivity contribution in [1.29, 1.82) is 0 Å². The van der Waals surface area contributed by atoms with Gasteiger partial charge in [0.25, 0.3) is 0 Å². The van der Waals surface area contributed by atoms with Gasteiger partial charge in [-0.15, -0.1) is 24.2 Å². The van der Waals surface area contributed by atoms with Crippen LogP contribution in [0.1, 0.15) is 30.4 Å². The molecule has 2 rings (SSSR count). The first-order valence-corrected chi connectivity index (χ1v) is 8.81. The Labute approximate surface area is 144 Å². The van der Waals surface area contributed by atoms with Crippen molar-refractivity contribution in [3.8, 4) is 0 Å². The number of nitrogens with one attached hydrogen (secondary N) is 2. The molecule has 3 nitrogen and oxygen atoms in total. The molecule has 1 amide bonds. The second-order valence-corrected chi connectivity index (χ2v) is 6.93. The third-order valence-corrected chi connectivity index (χ3v) is 5.13. The fourth-order valence-electron chi connectivity index (χ4n) is 2.64. The number of halogens is 1. The maximum absolute atomic E-state index is 11.9. The Morgan fingerprint density at radius 1 is 1.41 bits per heavy atom. The Bertz CT molecular complexity index is 476. The number of benzene rings is 1. The van der Waals surface area contributed by atoms with Gasteiger partial charge in [0.05, 0.1) is 5.75 Å². The van der Waals surface area contributed by atoms with Crippen molar-refractivity contribution < 1.29 is 4.79 Å². The number of aryl methyl sites for hydroxylation is 2. The number of rotatable bonds is 6. The van der Waals surface area contributed by atoms with Crippen LogP contribution in [0.3, 0.4) is 0 Å². The number of hydrogen-bond acceptors (Lipinski definition) is 3. The molecule has 1 aromatic carbocycles. The quantitative estimate of drug-likeness (QED) is 0.779. The normalized spacial score (nSPS) is 17.6. The minimum absolute atomic E-state index is 0. The highest BCUT2D eigenvalue weighted by Crippen LogP contribution is 2.23. The molecule has 1 heterocycles. The summed E-state index contributed by atoms with van der Waals surface area (Å²) in [6.07, 6.45) is 3.65. The van der Waals surface area contributed by atoms with E-state index in [2.05, 4.69) is 42.7 Å². The topological polar surface area (TPSA) is 41.1 Å². The SMILES string of the molecule is Cc1ccc(C)c(SCC(=O)NCCC2CCCNC2)c1.Cl. The third kappa shape index (κ3) is 6.59. The van der Waals surface area contributed by atoms with Gasteiger partial charge in [-0.3, -0.25) is 4.79 Å². The van der Waals surface area contributed by atoms with E-state index in [1.165, 1.54) is 28.9 Å². The first-order chi connectivity index (χ1) is 10.1. The van der Waals surface area contributed by atoms with Gasteiger partial charge < -0.3 is 10.6 Å². The standard InChI is InChI=1S/C17H26N2OS.ClH/c1-13-5-6-14(2)16(10-13)21-12-17(20)19-9-7-15-4-3-8-18-11-15;/h5-6,10,15,18H,3-4,7-9,11-12H2,1-2H3,(H,19,20);1H. The van der Waals surface area contributed by atoms with E-state index in [0.717, 1.165) is 32.0 Å². The molecular weight excluding hydrogens is 316 g/mol. The van der Waals surface area contributed by atoms with Gasteiger partial charge in [-0.25, -0.2) is 0 Å². The summed E-state index contributed by atoms with van der Waals surface area (Å²) in [5, 5.41) is 6.46. The Balaban J connectivity index is 0.00000242. The summed E-state index contributed by atoms with van der Waals surface area (Å²) >= 11 is 1.63. The van der Waals surface area contributed by atoms with Crippen molar-refractivity contribution in [1.82, 2.24) is 10.6 Å². The highest BCUT2D eigenvalue weighted by Gasteiger charge is 2.13. The summed E-state index contributed by atoms with van der Waals surface area (Å²) in [7, 11) is 0. The lowest BCUT2D eigenvalue weighted by Gasteiger charge is -2.22. The molecule has 0 radical (unpaired) electrons. The predicted octanol–water partition coefficient (Wildman–Crippen LogP) is 3.32. The molecule has 0 aliphatic carbocycles. The van der Waals surface area contributed by atoms with E-state index in [9.17, 15) is 4.79 Å². The Kier molecular flexibility index (Phi) is 8.91. The highest BCUT2D eigenvalue weighted by molar-refractivity contribution is 8.00. The summed E-state index contributed by atoms with van der Waals surface area (Å²) < 4.78 is 0. The maximum Gasteiger partial charge on any atom is 0.230 e. The molecular formula is C17H27ClN2OS. The average molecular weight is 343 g/mol. The van der Waals surface area contributed by atoms with Crippen LogP contribution in [0.2, 0.25) is 0 Å². The average Bonchev–Trinajstić information content (AvgIpc) is 2.49. The number of carbonyl (C=O) groups excluding carboxylic acids is 1. The molecule has 1 fully saturated rings. The van der Waals surface area contributed by atoms with Gasteiger partial charge in [0.15, 0.2) is 0 Å². The number of piperidine rings is 1. The molecule has 5 heteroatoms. The van der Waals surface area contributed by atoms with Gasteiger partial charge in [-0.1, -0.05) is 17.7 Å². The largest absolute Gasteiger partial charge is 0.355 e. The summed E-state index contributed by atoms with van der Waals surface area (Å²) in [6.45, 7) is 7.23. The lowest BCUT2D eigenvalue weighted by Crippen LogP contribution is -2.33. The monoisotopic (exact) mass is 342 g/mol. The lowest BCUT2D eigenvalue weighted by molar-refractivity contribution is -0.118. The minimum Gasteiger partial charge on any atom is -0.355 e. The summed E-state index contributed by atoms with van der Waals surface area (Å²) in [5.74, 6) is 1.38. The lowest BCUT2D eigenvalue weighted by atomic mass is 9.96. The van der Waals surface area contributed by atoms with Crippen LogP contribution in [0.4, 0.5) is 0 Å². The molecule has 1 atom stereocenters. The number of hydrogen-bond donors (Lipinski definition) is 2. The van der Waals surface area contributed by atoms with Crippen molar-refractivity contribution in [2.75, 3.05) is 25.4 Å². The molecule has 0 bridgehead atoms. The summed E-state index contributed by atoms with van der Waals surface area (Å²) in [5.41, 5.74) is 2.49. The van der Waals surface area contributed by atoms with Gasteiger partial charge in [-0.05, 0) is 63.7 Å². The molecule has 124 valence electrons. The Morgan fingerprint density at radius 2 is 2.23 bits per heavy atom. The van der Waals surface area contributed by atoms with E-state index < -0.39 is 0 Å². The van der Waals surface area contributed by atoms with Crippen LogP contribution in [-0.4, -0.2) is 31.3 Å². The van der Waals surface area contributed by atoms with Crippen molar-refractivity contribution >= 4 is 30.1 Å². The van der Waals surface area contributed by atoms with E-state index in [-0.39, 0.29) is 18.3 Å². The van der Waals surface area contributed by atoms with Crippen LogP contribution in [0, 0.1) is 19.8 Å². The predicted molar refractivity (Wildman–Crippen MR) is 97.1 cm³/mol. The smallest absolute Gasteiger partial charge is 0.230 e. The zero-order valence-corrected chi connectivity index (χ0v) is 15.1. The summed E-state index contributed by atoms with van der Waals surface area (Å²) in [4.78, 5) is 13.1. The first kappa shape index (κ1) is 19.3. The number of carbonyl (C=O) groups is 1. The minimum atomic E-state index is 0. The molecule has 1 aliphatic rings. The molecule has 1 unspecified atom stereocenters. The molecule has 2 N–H and O–H groups in total. The second-order valence-electron chi connectivity index (χ2n) is 5.91. The van der Waals surface area contributed by atoms with E-state index in [1.54, 1.807) is 11.8 Å². The van der Waals surface area contributed by atoms with E-state index in [0.29, 0.717) is 5.75 Å². The fraction of sp³-hybridized carbons (Fsp3) is 0.588. The molecule has 1 aliphatic heterocycles. The first-order valence-electron chi connectivity index (χ1n) is 7.82. The summed E-state index contributed by atoms with van der Waals surface area (Å²) in [6, 6.07) is 6.38. The Hall–Kier alpha value is -0.710. The van der Waals surface area contributed by atoms with Crippen LogP contribution in [0.25, 0.3) is 0 Å². The van der Waals surface area contributed by atoms with Crippen LogP contribution >= 0.6 is 24.2 Å². The van der Waals surface area contributed by atoms with Crippen molar-refractivity contribution in [3.05, 3.63) is 29.3 Å². The number of thioether (sulfide) groups is 1. The molecule has 0 saturated carbocycles. The zero-order valence-electron chi connectivity index (χ0n) is 13.5. The Morgan fingerprint density at radius 3 is 2.95 bits per heavy atom. The van der Waals surface area contributed by atoms with Gasteiger partial charge >= 0.3 is 0 Å². The van der Waals surface area contributed by atoms with Crippen LogP contribution in [0.15, 0.2) is 23.1 Å². The number of amides is 1. The van der Waals surface area contributed by atoms with Gasteiger partial charge in [0.1, 0.15) is 0 Å². The third-order valence-electron chi connectivity index (χ3n) is 3.98.